The van der Waals surface area contributed by atoms with Gasteiger partial charge in [-0.3, -0.25) is 15.5 Å². The molecule has 1 heterocycles. The van der Waals surface area contributed by atoms with Gasteiger partial charge >= 0.3 is 5.69 Å². The fourth-order valence-corrected chi connectivity index (χ4v) is 2.06. The Morgan fingerprint density at radius 3 is 2.84 bits per heavy atom. The number of aliphatic hydroxyl groups excluding tert-OH is 1. The van der Waals surface area contributed by atoms with Gasteiger partial charge in [-0.2, -0.15) is 16.7 Å². The van der Waals surface area contributed by atoms with Crippen LogP contribution in [-0.2, 0) is 0 Å². The highest BCUT2D eigenvalue weighted by atomic mass is 32.2. The monoisotopic (exact) mass is 288 g/mol. The van der Waals surface area contributed by atoms with Gasteiger partial charge in [0.15, 0.2) is 0 Å². The standard InChI is InChI=1S/C9H16N6O3S/c1-5(7(4-16)19-2)12-8-6(15(17)18)3-11-9(13-8)14-10/h3,5,7,16H,4,10H2,1-2H3,(H2,11,12,13,14). The Morgan fingerprint density at radius 1 is 1.68 bits per heavy atom. The fraction of sp³-hybridized carbons (Fsp3) is 0.556. The molecule has 0 aliphatic rings. The van der Waals surface area contributed by atoms with Crippen LogP contribution in [-0.4, -0.2) is 44.2 Å². The summed E-state index contributed by atoms with van der Waals surface area (Å²) in [5.41, 5.74) is 1.98. The maximum atomic E-state index is 10.9. The highest BCUT2D eigenvalue weighted by molar-refractivity contribution is 7.99. The minimum Gasteiger partial charge on any atom is -0.395 e. The second-order valence-electron chi connectivity index (χ2n) is 3.72. The molecule has 1 aromatic heterocycles. The summed E-state index contributed by atoms with van der Waals surface area (Å²) in [6.07, 6.45) is 2.92. The minimum absolute atomic E-state index is 0.0454. The average molecular weight is 288 g/mol. The predicted octanol–water partition coefficient (Wildman–Crippen LogP) is 0.195. The van der Waals surface area contributed by atoms with Crippen molar-refractivity contribution in [3.05, 3.63) is 16.3 Å². The zero-order valence-corrected chi connectivity index (χ0v) is 11.3. The quantitative estimate of drug-likeness (QED) is 0.314. The van der Waals surface area contributed by atoms with E-state index in [1.165, 1.54) is 11.8 Å². The molecule has 2 unspecified atom stereocenters. The Hall–Kier alpha value is -1.65. The topological polar surface area (TPSA) is 139 Å². The van der Waals surface area contributed by atoms with Crippen LogP contribution in [0.5, 0.6) is 0 Å². The van der Waals surface area contributed by atoms with Crippen molar-refractivity contribution in [1.29, 1.82) is 0 Å². The summed E-state index contributed by atoms with van der Waals surface area (Å²) in [5.74, 6) is 5.31. The molecule has 9 nitrogen and oxygen atoms in total. The van der Waals surface area contributed by atoms with E-state index in [0.717, 1.165) is 6.20 Å². The molecule has 0 saturated carbocycles. The van der Waals surface area contributed by atoms with Gasteiger partial charge in [-0.1, -0.05) is 0 Å². The van der Waals surface area contributed by atoms with Crippen LogP contribution in [0.2, 0.25) is 0 Å². The molecule has 0 saturated heterocycles. The molecule has 0 aliphatic carbocycles. The van der Waals surface area contributed by atoms with Crippen LogP contribution in [0.15, 0.2) is 6.20 Å². The first-order chi connectivity index (χ1) is 9.03. The van der Waals surface area contributed by atoms with Gasteiger partial charge in [0, 0.05) is 11.3 Å². The normalized spacial score (nSPS) is 13.7. The first-order valence-corrected chi connectivity index (χ1v) is 6.70. The number of hydrogen-bond donors (Lipinski definition) is 4. The van der Waals surface area contributed by atoms with E-state index in [4.69, 9.17) is 5.84 Å². The van der Waals surface area contributed by atoms with E-state index >= 15 is 0 Å². The number of aliphatic hydroxyl groups is 1. The molecule has 1 aromatic rings. The van der Waals surface area contributed by atoms with Crippen LogP contribution in [0.3, 0.4) is 0 Å². The summed E-state index contributed by atoms with van der Waals surface area (Å²) in [6.45, 7) is 1.76. The fourth-order valence-electron chi connectivity index (χ4n) is 1.43. The lowest BCUT2D eigenvalue weighted by atomic mass is 10.2. The molecule has 0 fully saturated rings. The lowest BCUT2D eigenvalue weighted by Crippen LogP contribution is -2.31. The lowest BCUT2D eigenvalue weighted by Gasteiger charge is -2.21. The second-order valence-corrected chi connectivity index (χ2v) is 4.80. The summed E-state index contributed by atoms with van der Waals surface area (Å²) in [6, 6.07) is -0.209. The summed E-state index contributed by atoms with van der Waals surface area (Å²) in [4.78, 5) is 17.9. The Labute approximate surface area is 114 Å². The number of nitro groups is 1. The smallest absolute Gasteiger partial charge is 0.329 e. The van der Waals surface area contributed by atoms with Crippen molar-refractivity contribution >= 4 is 29.2 Å². The third kappa shape index (κ3) is 3.91. The number of hydrazine groups is 1. The molecule has 2 atom stereocenters. The number of nitrogens with two attached hydrogens (primary N) is 1. The number of thioether (sulfide) groups is 1. The molecular formula is C9H16N6O3S. The number of nitrogens with one attached hydrogen (secondary N) is 2. The maximum absolute atomic E-state index is 10.9. The zero-order valence-electron chi connectivity index (χ0n) is 10.5. The molecule has 1 rings (SSSR count). The molecule has 19 heavy (non-hydrogen) atoms. The van der Waals surface area contributed by atoms with Gasteiger partial charge in [-0.05, 0) is 13.2 Å². The van der Waals surface area contributed by atoms with Crippen LogP contribution in [0.1, 0.15) is 6.92 Å². The Kier molecular flexibility index (Phi) is 5.73. The van der Waals surface area contributed by atoms with Crippen molar-refractivity contribution in [2.75, 3.05) is 23.6 Å². The van der Waals surface area contributed by atoms with Crippen molar-refractivity contribution in [2.24, 2.45) is 5.84 Å². The summed E-state index contributed by atoms with van der Waals surface area (Å²) >= 11 is 1.46. The third-order valence-corrected chi connectivity index (χ3v) is 3.66. The first kappa shape index (κ1) is 15.4. The molecule has 0 radical (unpaired) electrons. The molecule has 0 aromatic carbocycles. The van der Waals surface area contributed by atoms with E-state index < -0.39 is 4.92 Å². The molecule has 106 valence electrons. The van der Waals surface area contributed by atoms with Gasteiger partial charge in [0.25, 0.3) is 0 Å². The van der Waals surface area contributed by atoms with Crippen molar-refractivity contribution < 1.29 is 10.0 Å². The SMILES string of the molecule is CSC(CO)C(C)Nc1nc(NN)ncc1[N+](=O)[O-]. The van der Waals surface area contributed by atoms with E-state index in [1.54, 1.807) is 6.92 Å². The van der Waals surface area contributed by atoms with Gasteiger partial charge in [0.1, 0.15) is 6.20 Å². The number of hydrogen-bond acceptors (Lipinski definition) is 9. The van der Waals surface area contributed by atoms with Gasteiger partial charge in [0.05, 0.1) is 11.5 Å². The lowest BCUT2D eigenvalue weighted by molar-refractivity contribution is -0.384. The van der Waals surface area contributed by atoms with Gasteiger partial charge in [-0.15, -0.1) is 0 Å². The zero-order chi connectivity index (χ0) is 14.4. The van der Waals surface area contributed by atoms with E-state index in [2.05, 4.69) is 20.7 Å². The summed E-state index contributed by atoms with van der Waals surface area (Å²) in [7, 11) is 0. The number of anilines is 2. The molecule has 10 heteroatoms. The van der Waals surface area contributed by atoms with Crippen LogP contribution in [0, 0.1) is 10.1 Å². The Balaban J connectivity index is 3.00. The van der Waals surface area contributed by atoms with Crippen LogP contribution in [0.25, 0.3) is 0 Å². The largest absolute Gasteiger partial charge is 0.395 e. The highest BCUT2D eigenvalue weighted by Gasteiger charge is 2.22. The third-order valence-electron chi connectivity index (χ3n) is 2.50. The maximum Gasteiger partial charge on any atom is 0.329 e. The van der Waals surface area contributed by atoms with E-state index in [1.807, 2.05) is 6.26 Å². The molecule has 0 aliphatic heterocycles. The van der Waals surface area contributed by atoms with Crippen molar-refractivity contribution in [1.82, 2.24) is 9.97 Å². The molecule has 0 amide bonds. The molecule has 0 bridgehead atoms. The summed E-state index contributed by atoms with van der Waals surface area (Å²) < 4.78 is 0. The van der Waals surface area contributed by atoms with Crippen molar-refractivity contribution in [2.45, 2.75) is 18.2 Å². The molecule has 5 N–H and O–H groups in total. The Bertz CT molecular complexity index is 442. The number of nitrogen functional groups attached to an aromatic ring is 1. The van der Waals surface area contributed by atoms with E-state index in [-0.39, 0.29) is 35.4 Å². The minimum atomic E-state index is -0.581. The van der Waals surface area contributed by atoms with Gasteiger partial charge in [-0.25, -0.2) is 10.8 Å². The van der Waals surface area contributed by atoms with Crippen LogP contribution >= 0.6 is 11.8 Å². The second kappa shape index (κ2) is 7.07. The highest BCUT2D eigenvalue weighted by Crippen LogP contribution is 2.24. The van der Waals surface area contributed by atoms with Crippen molar-refractivity contribution in [3.63, 3.8) is 0 Å². The van der Waals surface area contributed by atoms with E-state index in [9.17, 15) is 15.2 Å². The predicted molar refractivity (Wildman–Crippen MR) is 74.0 cm³/mol. The molecular weight excluding hydrogens is 272 g/mol. The Morgan fingerprint density at radius 2 is 2.37 bits per heavy atom. The van der Waals surface area contributed by atoms with Crippen molar-refractivity contribution in [3.8, 4) is 0 Å². The first-order valence-electron chi connectivity index (χ1n) is 5.41. The van der Waals surface area contributed by atoms with Crippen LogP contribution < -0.4 is 16.6 Å². The molecule has 0 spiro atoms. The van der Waals surface area contributed by atoms with Crippen LogP contribution in [0.4, 0.5) is 17.5 Å². The average Bonchev–Trinajstić information content (AvgIpc) is 2.39. The number of nitrogens with zero attached hydrogens (tertiary/aromatic N) is 3. The number of aromatic nitrogens is 2. The number of rotatable bonds is 7. The van der Waals surface area contributed by atoms with Gasteiger partial charge < -0.3 is 10.4 Å². The van der Waals surface area contributed by atoms with Gasteiger partial charge in [0.2, 0.25) is 11.8 Å². The van der Waals surface area contributed by atoms with E-state index in [0.29, 0.717) is 0 Å². The summed E-state index contributed by atoms with van der Waals surface area (Å²) in [5, 5.41) is 22.9.